The van der Waals surface area contributed by atoms with E-state index in [0.717, 1.165) is 22.1 Å². The average Bonchev–Trinajstić information content (AvgIpc) is 3.16. The first-order valence-electron chi connectivity index (χ1n) is 7.31. The van der Waals surface area contributed by atoms with Crippen LogP contribution in [0.1, 0.15) is 21.2 Å². The lowest BCUT2D eigenvalue weighted by atomic mass is 10.1. The number of benzene rings is 1. The van der Waals surface area contributed by atoms with Gasteiger partial charge in [-0.05, 0) is 26.0 Å². The molecule has 0 aliphatic rings. The number of hydrogen-bond donors (Lipinski definition) is 0. The van der Waals surface area contributed by atoms with Crippen LogP contribution in [0.3, 0.4) is 0 Å². The van der Waals surface area contributed by atoms with E-state index in [1.807, 2.05) is 48.2 Å². The third-order valence-corrected chi connectivity index (χ3v) is 4.28. The summed E-state index contributed by atoms with van der Waals surface area (Å²) in [6.45, 7) is 4.80. The fourth-order valence-corrected chi connectivity index (χ4v) is 2.88. The minimum atomic E-state index is -0.323. The Balaban J connectivity index is 1.64. The SMILES string of the molecule is Cc1nc(-c2cccc(C(=O)OCCn3ccnc3C)c2)cs1. The summed E-state index contributed by atoms with van der Waals surface area (Å²) in [6, 6.07) is 7.37. The van der Waals surface area contributed by atoms with Gasteiger partial charge in [0.25, 0.3) is 0 Å². The van der Waals surface area contributed by atoms with Crippen molar-refractivity contribution in [2.45, 2.75) is 20.4 Å². The summed E-state index contributed by atoms with van der Waals surface area (Å²) in [7, 11) is 0. The van der Waals surface area contributed by atoms with Crippen molar-refractivity contribution in [3.05, 3.63) is 58.4 Å². The van der Waals surface area contributed by atoms with Gasteiger partial charge in [0.15, 0.2) is 0 Å². The van der Waals surface area contributed by atoms with Gasteiger partial charge in [0.05, 0.1) is 22.8 Å². The highest BCUT2D eigenvalue weighted by atomic mass is 32.1. The Morgan fingerprint density at radius 3 is 2.91 bits per heavy atom. The molecule has 5 nitrogen and oxygen atoms in total. The molecule has 0 saturated heterocycles. The number of aromatic nitrogens is 3. The third kappa shape index (κ3) is 3.65. The predicted octanol–water partition coefficient (Wildman–Crippen LogP) is 3.48. The maximum Gasteiger partial charge on any atom is 0.338 e. The van der Waals surface area contributed by atoms with Gasteiger partial charge in [0.2, 0.25) is 0 Å². The molecular formula is C17H17N3O2S. The molecule has 0 amide bonds. The van der Waals surface area contributed by atoms with Crippen LogP contribution in [0.25, 0.3) is 11.3 Å². The maximum atomic E-state index is 12.2. The van der Waals surface area contributed by atoms with Gasteiger partial charge in [0.1, 0.15) is 12.4 Å². The van der Waals surface area contributed by atoms with E-state index in [-0.39, 0.29) is 5.97 Å². The summed E-state index contributed by atoms with van der Waals surface area (Å²) in [5, 5.41) is 2.99. The minimum Gasteiger partial charge on any atom is -0.460 e. The summed E-state index contributed by atoms with van der Waals surface area (Å²) in [5.74, 6) is 0.582. The zero-order chi connectivity index (χ0) is 16.2. The Morgan fingerprint density at radius 1 is 1.35 bits per heavy atom. The van der Waals surface area contributed by atoms with Gasteiger partial charge in [-0.25, -0.2) is 14.8 Å². The molecule has 0 bridgehead atoms. The molecule has 0 spiro atoms. The molecule has 0 unspecified atom stereocenters. The fraction of sp³-hybridized carbons (Fsp3) is 0.235. The molecule has 118 valence electrons. The summed E-state index contributed by atoms with van der Waals surface area (Å²) >= 11 is 1.59. The second-order valence-electron chi connectivity index (χ2n) is 5.14. The van der Waals surface area contributed by atoms with Crippen LogP contribution in [0.2, 0.25) is 0 Å². The normalized spacial score (nSPS) is 10.7. The molecule has 0 aliphatic heterocycles. The Kier molecular flexibility index (Phi) is 4.52. The van der Waals surface area contributed by atoms with E-state index in [0.29, 0.717) is 18.7 Å². The van der Waals surface area contributed by atoms with E-state index >= 15 is 0 Å². The van der Waals surface area contributed by atoms with Crippen molar-refractivity contribution in [1.82, 2.24) is 14.5 Å². The van der Waals surface area contributed by atoms with Crippen LogP contribution in [0.5, 0.6) is 0 Å². The number of rotatable bonds is 5. The van der Waals surface area contributed by atoms with E-state index in [9.17, 15) is 4.79 Å². The predicted molar refractivity (Wildman–Crippen MR) is 89.5 cm³/mol. The number of carbonyl (C=O) groups excluding carboxylic acids is 1. The second kappa shape index (κ2) is 6.75. The van der Waals surface area contributed by atoms with Gasteiger partial charge < -0.3 is 9.30 Å². The van der Waals surface area contributed by atoms with Gasteiger partial charge >= 0.3 is 5.97 Å². The summed E-state index contributed by atoms with van der Waals surface area (Å²) in [5.41, 5.74) is 2.35. The smallest absolute Gasteiger partial charge is 0.338 e. The summed E-state index contributed by atoms with van der Waals surface area (Å²) in [4.78, 5) is 20.8. The lowest BCUT2D eigenvalue weighted by Crippen LogP contribution is -2.12. The van der Waals surface area contributed by atoms with Crippen LogP contribution in [-0.2, 0) is 11.3 Å². The Morgan fingerprint density at radius 2 is 2.22 bits per heavy atom. The molecule has 0 saturated carbocycles. The lowest BCUT2D eigenvalue weighted by molar-refractivity contribution is 0.0490. The van der Waals surface area contributed by atoms with Crippen LogP contribution in [0, 0.1) is 13.8 Å². The van der Waals surface area contributed by atoms with Crippen LogP contribution in [-0.4, -0.2) is 27.1 Å². The topological polar surface area (TPSA) is 57.0 Å². The average molecular weight is 327 g/mol. The lowest BCUT2D eigenvalue weighted by Gasteiger charge is -2.07. The number of aryl methyl sites for hydroxylation is 2. The minimum absolute atomic E-state index is 0.316. The van der Waals surface area contributed by atoms with Gasteiger partial charge in [-0.2, -0.15) is 0 Å². The molecule has 23 heavy (non-hydrogen) atoms. The van der Waals surface area contributed by atoms with Gasteiger partial charge in [-0.1, -0.05) is 12.1 Å². The van der Waals surface area contributed by atoms with E-state index in [1.54, 1.807) is 23.6 Å². The van der Waals surface area contributed by atoms with Crippen molar-refractivity contribution in [1.29, 1.82) is 0 Å². The Hall–Kier alpha value is -2.47. The summed E-state index contributed by atoms with van der Waals surface area (Å²) in [6.07, 6.45) is 3.60. The molecule has 3 aromatic rings. The zero-order valence-electron chi connectivity index (χ0n) is 13.0. The molecule has 0 radical (unpaired) electrons. The number of ether oxygens (including phenoxy) is 1. The second-order valence-corrected chi connectivity index (χ2v) is 6.20. The number of carbonyl (C=O) groups is 1. The highest BCUT2D eigenvalue weighted by Crippen LogP contribution is 2.22. The van der Waals surface area contributed by atoms with Crippen LogP contribution in [0.4, 0.5) is 0 Å². The van der Waals surface area contributed by atoms with Crippen molar-refractivity contribution in [2.24, 2.45) is 0 Å². The van der Waals surface area contributed by atoms with E-state index in [2.05, 4.69) is 9.97 Å². The number of nitrogens with zero attached hydrogens (tertiary/aromatic N) is 3. The highest BCUT2D eigenvalue weighted by molar-refractivity contribution is 7.09. The molecular weight excluding hydrogens is 310 g/mol. The molecule has 1 aromatic carbocycles. The van der Waals surface area contributed by atoms with E-state index in [4.69, 9.17) is 4.74 Å². The van der Waals surface area contributed by atoms with Crippen LogP contribution >= 0.6 is 11.3 Å². The van der Waals surface area contributed by atoms with Gasteiger partial charge in [0, 0.05) is 23.3 Å². The monoisotopic (exact) mass is 327 g/mol. The van der Waals surface area contributed by atoms with Crippen molar-refractivity contribution < 1.29 is 9.53 Å². The fourth-order valence-electron chi connectivity index (χ4n) is 2.26. The van der Waals surface area contributed by atoms with Gasteiger partial charge in [-0.15, -0.1) is 11.3 Å². The van der Waals surface area contributed by atoms with Crippen LogP contribution < -0.4 is 0 Å². The standard InChI is InChI=1S/C17H17N3O2S/c1-12-18-6-7-20(12)8-9-22-17(21)15-5-3-4-14(10-15)16-11-23-13(2)19-16/h3-7,10-11H,8-9H2,1-2H3. The molecule has 0 N–H and O–H groups in total. The quantitative estimate of drug-likeness (QED) is 0.673. The Labute approximate surface area is 138 Å². The Bertz CT molecular complexity index is 823. The number of esters is 1. The molecule has 2 aromatic heterocycles. The van der Waals surface area contributed by atoms with Crippen molar-refractivity contribution in [3.8, 4) is 11.3 Å². The first-order chi connectivity index (χ1) is 11.1. The highest BCUT2D eigenvalue weighted by Gasteiger charge is 2.10. The van der Waals surface area contributed by atoms with Gasteiger partial charge in [-0.3, -0.25) is 0 Å². The van der Waals surface area contributed by atoms with Crippen molar-refractivity contribution in [2.75, 3.05) is 6.61 Å². The first-order valence-corrected chi connectivity index (χ1v) is 8.19. The van der Waals surface area contributed by atoms with Crippen molar-refractivity contribution >= 4 is 17.3 Å². The third-order valence-electron chi connectivity index (χ3n) is 3.50. The molecule has 0 fully saturated rings. The number of imidazole rings is 1. The maximum absolute atomic E-state index is 12.2. The molecule has 2 heterocycles. The number of thiazole rings is 1. The number of hydrogen-bond acceptors (Lipinski definition) is 5. The molecule has 6 heteroatoms. The largest absolute Gasteiger partial charge is 0.460 e. The molecule has 0 atom stereocenters. The van der Waals surface area contributed by atoms with Crippen molar-refractivity contribution in [3.63, 3.8) is 0 Å². The molecule has 0 aliphatic carbocycles. The first kappa shape index (κ1) is 15.4. The van der Waals surface area contributed by atoms with Crippen LogP contribution in [0.15, 0.2) is 42.0 Å². The zero-order valence-corrected chi connectivity index (χ0v) is 13.8. The molecule has 3 rings (SSSR count). The van der Waals surface area contributed by atoms with E-state index in [1.165, 1.54) is 0 Å². The summed E-state index contributed by atoms with van der Waals surface area (Å²) < 4.78 is 7.29. The van der Waals surface area contributed by atoms with E-state index < -0.39 is 0 Å².